The van der Waals surface area contributed by atoms with Crippen LogP contribution in [0.2, 0.25) is 10.0 Å². The molecule has 0 spiro atoms. The third-order valence-corrected chi connectivity index (χ3v) is 4.12. The second-order valence-electron chi connectivity index (χ2n) is 3.69. The summed E-state index contributed by atoms with van der Waals surface area (Å²) in [5, 5.41) is 5.77. The van der Waals surface area contributed by atoms with Gasteiger partial charge >= 0.3 is 0 Å². The van der Waals surface area contributed by atoms with Gasteiger partial charge in [0, 0.05) is 17.1 Å². The van der Waals surface area contributed by atoms with E-state index in [1.807, 2.05) is 23.7 Å². The molecule has 0 saturated carbocycles. The Morgan fingerprint density at radius 3 is 2.59 bits per heavy atom. The Balaban J connectivity index is 2.60. The molecule has 0 radical (unpaired) electrons. The predicted octanol–water partition coefficient (Wildman–Crippen LogP) is 4.95. The quantitative estimate of drug-likeness (QED) is 0.760. The Kier molecular flexibility index (Phi) is 3.81. The molecule has 0 aliphatic rings. The Morgan fingerprint density at radius 1 is 1.35 bits per heavy atom. The largest absolute Gasteiger partial charge is 0.268 e. The van der Waals surface area contributed by atoms with Crippen molar-refractivity contribution in [3.05, 3.63) is 38.4 Å². The van der Waals surface area contributed by atoms with Gasteiger partial charge in [-0.15, -0.1) is 0 Å². The van der Waals surface area contributed by atoms with Crippen molar-refractivity contribution < 1.29 is 0 Å². The molecular formula is C12H11BrCl2N2. The van der Waals surface area contributed by atoms with Gasteiger partial charge in [0.2, 0.25) is 0 Å². The van der Waals surface area contributed by atoms with Gasteiger partial charge in [0.05, 0.1) is 15.2 Å². The van der Waals surface area contributed by atoms with E-state index in [9.17, 15) is 0 Å². The van der Waals surface area contributed by atoms with Crippen molar-refractivity contribution in [3.63, 3.8) is 0 Å². The number of nitrogens with zero attached hydrogens (tertiary/aromatic N) is 2. The second kappa shape index (κ2) is 5.01. The second-order valence-corrected chi connectivity index (χ2v) is 5.32. The minimum absolute atomic E-state index is 0.610. The molecule has 5 heteroatoms. The molecule has 1 heterocycles. The monoisotopic (exact) mass is 332 g/mol. The van der Waals surface area contributed by atoms with Crippen LogP contribution in [-0.4, -0.2) is 9.78 Å². The molecular weight excluding hydrogens is 323 g/mol. The first-order valence-corrected chi connectivity index (χ1v) is 6.77. The highest BCUT2D eigenvalue weighted by Gasteiger charge is 2.15. The molecule has 2 aromatic rings. The average Bonchev–Trinajstić information content (AvgIpc) is 2.57. The molecule has 2 rings (SSSR count). The van der Waals surface area contributed by atoms with E-state index in [1.165, 1.54) is 0 Å². The molecule has 0 N–H and O–H groups in total. The van der Waals surface area contributed by atoms with Crippen LogP contribution in [0.5, 0.6) is 0 Å². The molecule has 0 bridgehead atoms. The van der Waals surface area contributed by atoms with Gasteiger partial charge in [-0.05, 0) is 48.0 Å². The number of aromatic nitrogens is 2. The molecule has 0 fully saturated rings. The fourth-order valence-corrected chi connectivity index (χ4v) is 2.68. The van der Waals surface area contributed by atoms with Crippen LogP contribution in [-0.2, 0) is 6.54 Å². The van der Waals surface area contributed by atoms with E-state index in [0.29, 0.717) is 10.0 Å². The van der Waals surface area contributed by atoms with E-state index >= 15 is 0 Å². The van der Waals surface area contributed by atoms with Crippen molar-refractivity contribution >= 4 is 39.1 Å². The molecule has 90 valence electrons. The number of hydrogen-bond acceptors (Lipinski definition) is 1. The van der Waals surface area contributed by atoms with Crippen LogP contribution in [0.25, 0.3) is 11.3 Å². The SMILES string of the molecule is CCn1nc(-c2ccc(Cl)cc2Cl)c(Br)c1C. The zero-order valence-corrected chi connectivity index (χ0v) is 12.6. The fraction of sp³-hybridized carbons (Fsp3) is 0.250. The molecule has 1 aromatic heterocycles. The Hall–Kier alpha value is -0.510. The minimum atomic E-state index is 0.610. The van der Waals surface area contributed by atoms with Gasteiger partial charge in [0.1, 0.15) is 5.69 Å². The van der Waals surface area contributed by atoms with Crippen LogP contribution in [0.3, 0.4) is 0 Å². The lowest BCUT2D eigenvalue weighted by Crippen LogP contribution is -1.98. The molecule has 0 amide bonds. The van der Waals surface area contributed by atoms with Crippen molar-refractivity contribution in [2.24, 2.45) is 0 Å². The Labute approximate surface area is 119 Å². The maximum atomic E-state index is 6.19. The summed E-state index contributed by atoms with van der Waals surface area (Å²) in [6.07, 6.45) is 0. The van der Waals surface area contributed by atoms with Gasteiger partial charge in [-0.1, -0.05) is 23.2 Å². The van der Waals surface area contributed by atoms with Gasteiger partial charge in [-0.2, -0.15) is 5.10 Å². The zero-order chi connectivity index (χ0) is 12.6. The van der Waals surface area contributed by atoms with Gasteiger partial charge in [0.15, 0.2) is 0 Å². The lowest BCUT2D eigenvalue weighted by molar-refractivity contribution is 0.641. The molecule has 0 aliphatic carbocycles. The maximum absolute atomic E-state index is 6.19. The number of rotatable bonds is 2. The molecule has 0 saturated heterocycles. The van der Waals surface area contributed by atoms with Crippen LogP contribution in [0.4, 0.5) is 0 Å². The number of hydrogen-bond donors (Lipinski definition) is 0. The summed E-state index contributed by atoms with van der Waals surface area (Å²) in [6.45, 7) is 4.91. The highest BCUT2D eigenvalue weighted by molar-refractivity contribution is 9.10. The normalized spacial score (nSPS) is 10.9. The maximum Gasteiger partial charge on any atom is 0.108 e. The third-order valence-electron chi connectivity index (χ3n) is 2.62. The molecule has 0 unspecified atom stereocenters. The predicted molar refractivity (Wildman–Crippen MR) is 75.8 cm³/mol. The molecule has 0 aliphatic heterocycles. The van der Waals surface area contributed by atoms with Crippen LogP contribution < -0.4 is 0 Å². The van der Waals surface area contributed by atoms with Gasteiger partial charge in [0.25, 0.3) is 0 Å². The molecule has 2 nitrogen and oxygen atoms in total. The summed E-state index contributed by atoms with van der Waals surface area (Å²) < 4.78 is 2.91. The fourth-order valence-electron chi connectivity index (χ4n) is 1.69. The molecule has 1 aromatic carbocycles. The zero-order valence-electron chi connectivity index (χ0n) is 9.47. The molecule has 17 heavy (non-hydrogen) atoms. The summed E-state index contributed by atoms with van der Waals surface area (Å²) >= 11 is 15.6. The van der Waals surface area contributed by atoms with Crippen LogP contribution >= 0.6 is 39.1 Å². The first-order valence-electron chi connectivity index (χ1n) is 5.23. The topological polar surface area (TPSA) is 17.8 Å². The van der Waals surface area contributed by atoms with Crippen LogP contribution in [0, 0.1) is 6.92 Å². The van der Waals surface area contributed by atoms with E-state index in [4.69, 9.17) is 23.2 Å². The highest BCUT2D eigenvalue weighted by Crippen LogP contribution is 2.35. The summed E-state index contributed by atoms with van der Waals surface area (Å²) in [6, 6.07) is 5.43. The summed E-state index contributed by atoms with van der Waals surface area (Å²) in [7, 11) is 0. The van der Waals surface area contributed by atoms with Crippen LogP contribution in [0.15, 0.2) is 22.7 Å². The Bertz CT molecular complexity index is 564. The lowest BCUT2D eigenvalue weighted by Gasteiger charge is -2.02. The lowest BCUT2D eigenvalue weighted by atomic mass is 10.1. The first kappa shape index (κ1) is 12.9. The van der Waals surface area contributed by atoms with Gasteiger partial charge in [-0.3, -0.25) is 4.68 Å². The van der Waals surface area contributed by atoms with Crippen molar-refractivity contribution in [2.45, 2.75) is 20.4 Å². The molecule has 0 atom stereocenters. The van der Waals surface area contributed by atoms with Crippen LogP contribution in [0.1, 0.15) is 12.6 Å². The number of halogens is 3. The number of aryl methyl sites for hydroxylation is 1. The number of benzene rings is 1. The third kappa shape index (κ3) is 2.37. The van der Waals surface area contributed by atoms with E-state index in [0.717, 1.165) is 28.0 Å². The van der Waals surface area contributed by atoms with Gasteiger partial charge < -0.3 is 0 Å². The van der Waals surface area contributed by atoms with Crippen molar-refractivity contribution in [3.8, 4) is 11.3 Å². The summed E-state index contributed by atoms with van der Waals surface area (Å²) in [5.41, 5.74) is 2.83. The summed E-state index contributed by atoms with van der Waals surface area (Å²) in [4.78, 5) is 0. The highest BCUT2D eigenvalue weighted by atomic mass is 79.9. The average molecular weight is 334 g/mol. The van der Waals surface area contributed by atoms with E-state index in [-0.39, 0.29) is 0 Å². The first-order chi connectivity index (χ1) is 8.04. The smallest absolute Gasteiger partial charge is 0.108 e. The van der Waals surface area contributed by atoms with E-state index in [1.54, 1.807) is 6.07 Å². The van der Waals surface area contributed by atoms with Crippen molar-refractivity contribution in [1.29, 1.82) is 0 Å². The van der Waals surface area contributed by atoms with E-state index in [2.05, 4.69) is 28.0 Å². The minimum Gasteiger partial charge on any atom is -0.268 e. The van der Waals surface area contributed by atoms with E-state index < -0.39 is 0 Å². The van der Waals surface area contributed by atoms with Crippen molar-refractivity contribution in [1.82, 2.24) is 9.78 Å². The summed E-state index contributed by atoms with van der Waals surface area (Å²) in [5.74, 6) is 0. The Morgan fingerprint density at radius 2 is 2.06 bits per heavy atom. The van der Waals surface area contributed by atoms with Crippen molar-refractivity contribution in [2.75, 3.05) is 0 Å². The standard InChI is InChI=1S/C12H11BrCl2N2/c1-3-17-7(2)11(13)12(16-17)9-5-4-8(14)6-10(9)15/h4-6H,3H2,1-2H3. The van der Waals surface area contributed by atoms with Gasteiger partial charge in [-0.25, -0.2) is 0 Å².